The molecule has 0 spiro atoms. The summed E-state index contributed by atoms with van der Waals surface area (Å²) >= 11 is 0. The van der Waals surface area contributed by atoms with Crippen molar-refractivity contribution >= 4 is 0 Å². The first-order valence-corrected chi connectivity index (χ1v) is 5.73. The lowest BCUT2D eigenvalue weighted by Crippen LogP contribution is -2.75. The van der Waals surface area contributed by atoms with Crippen LogP contribution >= 0.6 is 0 Å². The first kappa shape index (κ1) is 12.7. The van der Waals surface area contributed by atoms with Crippen molar-refractivity contribution < 1.29 is 0 Å². The first-order chi connectivity index (χ1) is 8.46. The van der Waals surface area contributed by atoms with Crippen molar-refractivity contribution in [3.8, 4) is 0 Å². The van der Waals surface area contributed by atoms with Crippen molar-refractivity contribution in [2.24, 2.45) is 22.9 Å². The number of rotatable bonds is 3. The van der Waals surface area contributed by atoms with Crippen LogP contribution in [0.5, 0.6) is 0 Å². The van der Waals surface area contributed by atoms with E-state index in [1.807, 2.05) is 60.7 Å². The van der Waals surface area contributed by atoms with Gasteiger partial charge < -0.3 is 5.73 Å². The maximum atomic E-state index is 6.44. The van der Waals surface area contributed by atoms with Gasteiger partial charge in [0.1, 0.15) is 11.3 Å². The Bertz CT molecular complexity index is 463. The molecule has 0 fully saturated rings. The third-order valence-electron chi connectivity index (χ3n) is 3.14. The minimum absolute atomic E-state index is 0.781. The lowest BCUT2D eigenvalue weighted by molar-refractivity contribution is 0.281. The normalized spacial score (nSPS) is 12.4. The molecule has 0 saturated heterocycles. The molecule has 0 aliphatic carbocycles. The molecule has 4 heteroatoms. The van der Waals surface area contributed by atoms with Crippen molar-refractivity contribution in [3.63, 3.8) is 0 Å². The van der Waals surface area contributed by atoms with Gasteiger partial charge in [0.25, 0.3) is 0 Å². The van der Waals surface area contributed by atoms with Gasteiger partial charge >= 0.3 is 0 Å². The SMILES string of the molecule is NC(N)(N)C(N)(c1ccccc1)c1ccccc1. The molecule has 0 unspecified atom stereocenters. The summed E-state index contributed by atoms with van der Waals surface area (Å²) in [5.74, 6) is -1.56. The van der Waals surface area contributed by atoms with Crippen molar-refractivity contribution in [1.82, 2.24) is 0 Å². The van der Waals surface area contributed by atoms with Crippen LogP contribution in [0.25, 0.3) is 0 Å². The quantitative estimate of drug-likeness (QED) is 0.585. The third-order valence-corrected chi connectivity index (χ3v) is 3.14. The molecule has 0 saturated carbocycles. The van der Waals surface area contributed by atoms with Gasteiger partial charge in [-0.25, -0.2) is 0 Å². The summed E-state index contributed by atoms with van der Waals surface area (Å²) in [6.07, 6.45) is 0. The van der Waals surface area contributed by atoms with Gasteiger partial charge in [-0.05, 0) is 11.1 Å². The molecule has 2 rings (SSSR count). The molecule has 4 nitrogen and oxygen atoms in total. The average molecular weight is 242 g/mol. The number of hydrogen-bond acceptors (Lipinski definition) is 4. The Kier molecular flexibility index (Phi) is 3.19. The Morgan fingerprint density at radius 1 is 0.556 bits per heavy atom. The summed E-state index contributed by atoms with van der Waals surface area (Å²) in [4.78, 5) is 0. The van der Waals surface area contributed by atoms with E-state index in [1.54, 1.807) is 0 Å². The molecule has 0 aromatic heterocycles. The molecule has 18 heavy (non-hydrogen) atoms. The summed E-state index contributed by atoms with van der Waals surface area (Å²) in [7, 11) is 0. The zero-order chi connectivity index (χ0) is 13.2. The van der Waals surface area contributed by atoms with Crippen LogP contribution in [0.2, 0.25) is 0 Å². The topological polar surface area (TPSA) is 104 Å². The van der Waals surface area contributed by atoms with Gasteiger partial charge in [-0.2, -0.15) is 0 Å². The Labute approximate surface area is 107 Å². The van der Waals surface area contributed by atoms with Gasteiger partial charge in [0, 0.05) is 0 Å². The van der Waals surface area contributed by atoms with Gasteiger partial charge in [0.15, 0.2) is 0 Å². The lowest BCUT2D eigenvalue weighted by atomic mass is 9.78. The highest BCUT2D eigenvalue weighted by Crippen LogP contribution is 2.30. The standard InChI is InChI=1S/C14H18N4/c15-13(14(16,17)18,11-7-3-1-4-8-11)12-9-5-2-6-10-12/h1-10H,15-18H2. The third kappa shape index (κ3) is 2.02. The fourth-order valence-corrected chi connectivity index (χ4v) is 2.07. The van der Waals surface area contributed by atoms with Crippen molar-refractivity contribution in [1.29, 1.82) is 0 Å². The van der Waals surface area contributed by atoms with Crippen molar-refractivity contribution in [3.05, 3.63) is 71.8 Å². The smallest absolute Gasteiger partial charge is 0.143 e. The van der Waals surface area contributed by atoms with E-state index in [0.29, 0.717) is 0 Å². The molecular formula is C14H18N4. The Morgan fingerprint density at radius 2 is 0.889 bits per heavy atom. The van der Waals surface area contributed by atoms with E-state index in [1.165, 1.54) is 0 Å². The summed E-state index contributed by atoms with van der Waals surface area (Å²) in [5.41, 5.74) is 24.6. The average Bonchev–Trinajstić information content (AvgIpc) is 2.38. The van der Waals surface area contributed by atoms with E-state index in [4.69, 9.17) is 22.9 Å². The molecule has 8 N–H and O–H groups in total. The Morgan fingerprint density at radius 3 is 1.17 bits per heavy atom. The molecular weight excluding hydrogens is 224 g/mol. The van der Waals surface area contributed by atoms with Crippen molar-refractivity contribution in [2.75, 3.05) is 0 Å². The first-order valence-electron chi connectivity index (χ1n) is 5.73. The second kappa shape index (κ2) is 4.51. The van der Waals surface area contributed by atoms with Crippen molar-refractivity contribution in [2.45, 2.75) is 11.3 Å². The van der Waals surface area contributed by atoms with E-state index in [0.717, 1.165) is 11.1 Å². The summed E-state index contributed by atoms with van der Waals surface area (Å²) in [5, 5.41) is 0. The second-order valence-electron chi connectivity index (χ2n) is 4.47. The molecule has 0 heterocycles. The van der Waals surface area contributed by atoms with Gasteiger partial charge in [0.2, 0.25) is 0 Å². The molecule has 0 amide bonds. The predicted molar refractivity (Wildman–Crippen MR) is 73.1 cm³/mol. The zero-order valence-electron chi connectivity index (χ0n) is 10.1. The Hall–Kier alpha value is -1.72. The number of hydrogen-bond donors (Lipinski definition) is 4. The fourth-order valence-electron chi connectivity index (χ4n) is 2.07. The van der Waals surface area contributed by atoms with E-state index in [2.05, 4.69) is 0 Å². The van der Waals surface area contributed by atoms with Crippen LogP contribution < -0.4 is 22.9 Å². The Balaban J connectivity index is 2.63. The zero-order valence-corrected chi connectivity index (χ0v) is 10.1. The maximum absolute atomic E-state index is 6.44. The largest absolute Gasteiger partial charge is 0.314 e. The van der Waals surface area contributed by atoms with Crippen LogP contribution in [0.4, 0.5) is 0 Å². The summed E-state index contributed by atoms with van der Waals surface area (Å²) in [6.45, 7) is 0. The van der Waals surface area contributed by atoms with Crippen LogP contribution in [0.15, 0.2) is 60.7 Å². The van der Waals surface area contributed by atoms with Crippen LogP contribution in [-0.4, -0.2) is 5.79 Å². The fraction of sp³-hybridized carbons (Fsp3) is 0.143. The van der Waals surface area contributed by atoms with Gasteiger partial charge in [0.05, 0.1) is 0 Å². The molecule has 0 aliphatic heterocycles. The molecule has 0 aliphatic rings. The van der Waals surface area contributed by atoms with E-state index in [-0.39, 0.29) is 0 Å². The van der Waals surface area contributed by atoms with E-state index in [9.17, 15) is 0 Å². The van der Waals surface area contributed by atoms with Crippen LogP contribution in [-0.2, 0) is 5.54 Å². The van der Waals surface area contributed by atoms with E-state index < -0.39 is 11.3 Å². The number of benzene rings is 2. The molecule has 0 atom stereocenters. The highest BCUT2D eigenvalue weighted by Gasteiger charge is 2.43. The van der Waals surface area contributed by atoms with Crippen LogP contribution in [0.3, 0.4) is 0 Å². The minimum atomic E-state index is -1.56. The molecule has 0 radical (unpaired) electrons. The van der Waals surface area contributed by atoms with Crippen LogP contribution in [0.1, 0.15) is 11.1 Å². The van der Waals surface area contributed by atoms with Gasteiger partial charge in [-0.3, -0.25) is 17.2 Å². The number of nitrogens with two attached hydrogens (primary N) is 4. The van der Waals surface area contributed by atoms with E-state index >= 15 is 0 Å². The summed E-state index contributed by atoms with van der Waals surface area (Å²) < 4.78 is 0. The summed E-state index contributed by atoms with van der Waals surface area (Å²) in [6, 6.07) is 18.8. The second-order valence-corrected chi connectivity index (χ2v) is 4.47. The monoisotopic (exact) mass is 242 g/mol. The maximum Gasteiger partial charge on any atom is 0.143 e. The highest BCUT2D eigenvalue weighted by atomic mass is 15.2. The van der Waals surface area contributed by atoms with Gasteiger partial charge in [-0.15, -0.1) is 0 Å². The molecule has 0 bridgehead atoms. The highest BCUT2D eigenvalue weighted by molar-refractivity contribution is 5.41. The minimum Gasteiger partial charge on any atom is -0.314 e. The molecule has 94 valence electrons. The molecule has 2 aromatic carbocycles. The van der Waals surface area contributed by atoms with Gasteiger partial charge in [-0.1, -0.05) is 60.7 Å². The van der Waals surface area contributed by atoms with Crippen LogP contribution in [0, 0.1) is 0 Å². The predicted octanol–water partition coefficient (Wildman–Crippen LogP) is 0.419. The lowest BCUT2D eigenvalue weighted by Gasteiger charge is -2.41. The molecule has 2 aromatic rings.